The lowest BCUT2D eigenvalue weighted by molar-refractivity contribution is -0.0584. The molecule has 1 unspecified atom stereocenters. The Morgan fingerprint density at radius 1 is 1.44 bits per heavy atom. The topological polar surface area (TPSA) is 40.5 Å². The van der Waals surface area contributed by atoms with Crippen molar-refractivity contribution in [3.05, 3.63) is 0 Å². The zero-order chi connectivity index (χ0) is 7.07. The zero-order valence-electron chi connectivity index (χ0n) is 5.96. The largest absolute Gasteiger partial charge is 0.390 e. The molecular weight excluding hydrogens is 116 g/mol. The van der Waals surface area contributed by atoms with E-state index >= 15 is 0 Å². The summed E-state index contributed by atoms with van der Waals surface area (Å²) in [7, 11) is 0. The van der Waals surface area contributed by atoms with Crippen molar-refractivity contribution >= 4 is 0 Å². The number of hydrogen-bond acceptors (Lipinski definition) is 2. The molecule has 0 amide bonds. The molecule has 9 heavy (non-hydrogen) atoms. The number of aliphatic hydroxyl groups is 2. The van der Waals surface area contributed by atoms with Gasteiger partial charge in [-0.15, -0.1) is 0 Å². The third-order valence-corrected chi connectivity index (χ3v) is 1.79. The summed E-state index contributed by atoms with van der Waals surface area (Å²) >= 11 is 0. The molecule has 0 heterocycles. The van der Waals surface area contributed by atoms with Crippen LogP contribution >= 0.6 is 0 Å². The fraction of sp³-hybridized carbons (Fsp3) is 1.00. The van der Waals surface area contributed by atoms with E-state index in [0.717, 1.165) is 12.8 Å². The quantitative estimate of drug-likeness (QED) is 0.572. The Kier molecular flexibility index (Phi) is 1.53. The van der Waals surface area contributed by atoms with Crippen molar-refractivity contribution in [3.63, 3.8) is 0 Å². The highest BCUT2D eigenvalue weighted by Gasteiger charge is 2.38. The van der Waals surface area contributed by atoms with Gasteiger partial charge < -0.3 is 10.2 Å². The van der Waals surface area contributed by atoms with Crippen LogP contribution < -0.4 is 0 Å². The molecule has 0 aromatic heterocycles. The molecule has 54 valence electrons. The van der Waals surface area contributed by atoms with Gasteiger partial charge in [-0.25, -0.2) is 0 Å². The summed E-state index contributed by atoms with van der Waals surface area (Å²) in [4.78, 5) is 0. The molecule has 0 spiro atoms. The summed E-state index contributed by atoms with van der Waals surface area (Å²) in [5, 5.41) is 18.5. The van der Waals surface area contributed by atoms with Crippen LogP contribution in [0.3, 0.4) is 0 Å². The molecule has 1 aliphatic carbocycles. The van der Waals surface area contributed by atoms with Crippen molar-refractivity contribution in [2.24, 2.45) is 5.92 Å². The Morgan fingerprint density at radius 2 is 1.89 bits per heavy atom. The van der Waals surface area contributed by atoms with E-state index in [1.807, 2.05) is 0 Å². The second-order valence-corrected chi connectivity index (χ2v) is 3.44. The summed E-state index contributed by atoms with van der Waals surface area (Å²) in [6.07, 6.45) is 1.63. The standard InChI is InChI=1S/C7H14O2/c1-7(2,9)6(8)5-3-4-5/h5-6,8-9H,3-4H2,1-2H3. The van der Waals surface area contributed by atoms with Gasteiger partial charge in [0.15, 0.2) is 0 Å². The maximum atomic E-state index is 9.28. The fourth-order valence-corrected chi connectivity index (χ4v) is 0.989. The van der Waals surface area contributed by atoms with E-state index in [2.05, 4.69) is 0 Å². The summed E-state index contributed by atoms with van der Waals surface area (Å²) in [6.45, 7) is 3.30. The lowest BCUT2D eigenvalue weighted by Crippen LogP contribution is -2.37. The van der Waals surface area contributed by atoms with Crippen LogP contribution in [-0.2, 0) is 0 Å². The van der Waals surface area contributed by atoms with Crippen molar-refractivity contribution in [1.29, 1.82) is 0 Å². The van der Waals surface area contributed by atoms with Crippen LogP contribution in [0.25, 0.3) is 0 Å². The van der Waals surface area contributed by atoms with Gasteiger partial charge in [-0.2, -0.15) is 0 Å². The Balaban J connectivity index is 2.40. The van der Waals surface area contributed by atoms with Crippen molar-refractivity contribution in [3.8, 4) is 0 Å². The van der Waals surface area contributed by atoms with E-state index in [-0.39, 0.29) is 0 Å². The van der Waals surface area contributed by atoms with E-state index in [4.69, 9.17) is 0 Å². The molecule has 2 N–H and O–H groups in total. The van der Waals surface area contributed by atoms with Crippen molar-refractivity contribution in [2.45, 2.75) is 38.4 Å². The van der Waals surface area contributed by atoms with Crippen LogP contribution in [-0.4, -0.2) is 21.9 Å². The lowest BCUT2D eigenvalue weighted by Gasteiger charge is -2.23. The highest BCUT2D eigenvalue weighted by atomic mass is 16.3. The third-order valence-electron chi connectivity index (χ3n) is 1.79. The molecule has 0 radical (unpaired) electrons. The van der Waals surface area contributed by atoms with E-state index < -0.39 is 11.7 Å². The third kappa shape index (κ3) is 1.66. The SMILES string of the molecule is CC(C)(O)C(O)C1CC1. The van der Waals surface area contributed by atoms with Gasteiger partial charge in [0.2, 0.25) is 0 Å². The summed E-state index contributed by atoms with van der Waals surface area (Å²) in [6, 6.07) is 0. The van der Waals surface area contributed by atoms with Gasteiger partial charge in [0.05, 0.1) is 11.7 Å². The molecule has 1 saturated carbocycles. The van der Waals surface area contributed by atoms with Crippen LogP contribution in [0.15, 0.2) is 0 Å². The average molecular weight is 130 g/mol. The number of rotatable bonds is 2. The average Bonchev–Trinajstić information content (AvgIpc) is 2.40. The van der Waals surface area contributed by atoms with Crippen LogP contribution in [0.5, 0.6) is 0 Å². The molecule has 0 aromatic carbocycles. The predicted octanol–water partition coefficient (Wildman–Crippen LogP) is 0.528. The minimum atomic E-state index is -0.902. The van der Waals surface area contributed by atoms with E-state index in [1.54, 1.807) is 13.8 Å². The molecular formula is C7H14O2. The molecule has 1 rings (SSSR count). The van der Waals surface area contributed by atoms with Crippen LogP contribution in [0.1, 0.15) is 26.7 Å². The Bertz CT molecular complexity index is 100.0. The number of aliphatic hydroxyl groups excluding tert-OH is 1. The summed E-state index contributed by atoms with van der Waals surface area (Å²) < 4.78 is 0. The molecule has 1 aliphatic rings. The lowest BCUT2D eigenvalue weighted by atomic mass is 9.98. The second-order valence-electron chi connectivity index (χ2n) is 3.44. The first-order valence-electron chi connectivity index (χ1n) is 3.42. The van der Waals surface area contributed by atoms with Crippen molar-refractivity contribution < 1.29 is 10.2 Å². The van der Waals surface area contributed by atoms with Crippen LogP contribution in [0, 0.1) is 5.92 Å². The first-order valence-corrected chi connectivity index (χ1v) is 3.42. The maximum Gasteiger partial charge on any atom is 0.0852 e. The van der Waals surface area contributed by atoms with E-state index in [1.165, 1.54) is 0 Å². The van der Waals surface area contributed by atoms with E-state index in [0.29, 0.717) is 5.92 Å². The van der Waals surface area contributed by atoms with Crippen molar-refractivity contribution in [1.82, 2.24) is 0 Å². The smallest absolute Gasteiger partial charge is 0.0852 e. The van der Waals surface area contributed by atoms with Gasteiger partial charge >= 0.3 is 0 Å². The fourth-order valence-electron chi connectivity index (χ4n) is 0.989. The molecule has 2 nitrogen and oxygen atoms in total. The molecule has 0 aliphatic heterocycles. The molecule has 0 bridgehead atoms. The monoisotopic (exact) mass is 130 g/mol. The Morgan fingerprint density at radius 3 is 2.00 bits per heavy atom. The minimum Gasteiger partial charge on any atom is -0.390 e. The van der Waals surface area contributed by atoms with Crippen LogP contribution in [0.2, 0.25) is 0 Å². The molecule has 0 aromatic rings. The normalized spacial score (nSPS) is 24.0. The highest BCUT2D eigenvalue weighted by Crippen LogP contribution is 2.36. The first-order chi connectivity index (χ1) is 4.02. The van der Waals surface area contributed by atoms with Crippen molar-refractivity contribution in [2.75, 3.05) is 0 Å². The minimum absolute atomic E-state index is 0.366. The summed E-state index contributed by atoms with van der Waals surface area (Å²) in [5.74, 6) is 0.366. The maximum absolute atomic E-state index is 9.28. The first kappa shape index (κ1) is 7.03. The molecule has 1 fully saturated rings. The predicted molar refractivity (Wildman–Crippen MR) is 35.0 cm³/mol. The van der Waals surface area contributed by atoms with Gasteiger partial charge in [-0.3, -0.25) is 0 Å². The van der Waals surface area contributed by atoms with Gasteiger partial charge in [0, 0.05) is 0 Å². The van der Waals surface area contributed by atoms with Gasteiger partial charge in [-0.1, -0.05) is 0 Å². The number of hydrogen-bond donors (Lipinski definition) is 2. The molecule has 0 saturated heterocycles. The van der Waals surface area contributed by atoms with E-state index in [9.17, 15) is 10.2 Å². The molecule has 1 atom stereocenters. The highest BCUT2D eigenvalue weighted by molar-refractivity contribution is 4.89. The van der Waals surface area contributed by atoms with Gasteiger partial charge in [0.25, 0.3) is 0 Å². The second kappa shape index (κ2) is 1.96. The zero-order valence-corrected chi connectivity index (χ0v) is 5.96. The Labute approximate surface area is 55.5 Å². The molecule has 2 heteroatoms. The summed E-state index contributed by atoms with van der Waals surface area (Å²) in [5.41, 5.74) is -0.902. The van der Waals surface area contributed by atoms with Gasteiger partial charge in [0.1, 0.15) is 0 Å². The van der Waals surface area contributed by atoms with Crippen LogP contribution in [0.4, 0.5) is 0 Å². The van der Waals surface area contributed by atoms with Gasteiger partial charge in [-0.05, 0) is 32.6 Å². The Hall–Kier alpha value is -0.0800.